The van der Waals surface area contributed by atoms with Gasteiger partial charge in [0.1, 0.15) is 5.78 Å². The highest BCUT2D eigenvalue weighted by Crippen LogP contribution is 2.33. The Hall–Kier alpha value is -0.240. The number of halogens is 2. The van der Waals surface area contributed by atoms with Crippen LogP contribution in [0.4, 0.5) is 0 Å². The number of carbonyl (C=O) groups is 1. The van der Waals surface area contributed by atoms with Crippen molar-refractivity contribution in [2.75, 3.05) is 6.54 Å². The molecular formula is C13H15Br2NO3S. The molecule has 0 spiro atoms. The Morgan fingerprint density at radius 2 is 2.10 bits per heavy atom. The standard InChI is InChI=1S/C13H15Br2NO3S/c1-9(17)7-11-3-2-6-16(11)20(18,19)13-8-10(14)4-5-12(13)15/h4-5,8,11H,2-3,6-7H2,1H3. The SMILES string of the molecule is CC(=O)CC1CCCN1S(=O)(=O)c1cc(Br)ccc1Br. The third kappa shape index (κ3) is 3.32. The summed E-state index contributed by atoms with van der Waals surface area (Å²) in [6.45, 7) is 1.97. The molecule has 20 heavy (non-hydrogen) atoms. The van der Waals surface area contributed by atoms with Crippen LogP contribution in [0.5, 0.6) is 0 Å². The highest BCUT2D eigenvalue weighted by molar-refractivity contribution is 9.11. The summed E-state index contributed by atoms with van der Waals surface area (Å²) in [6.07, 6.45) is 1.82. The maximum Gasteiger partial charge on any atom is 0.244 e. The topological polar surface area (TPSA) is 54.5 Å². The number of sulfonamides is 1. The minimum absolute atomic E-state index is 0.0189. The van der Waals surface area contributed by atoms with E-state index in [1.54, 1.807) is 18.2 Å². The van der Waals surface area contributed by atoms with E-state index < -0.39 is 10.0 Å². The second kappa shape index (κ2) is 6.25. The number of benzene rings is 1. The van der Waals surface area contributed by atoms with Crippen LogP contribution in [-0.2, 0) is 14.8 Å². The number of rotatable bonds is 4. The first-order valence-corrected chi connectivity index (χ1v) is 9.31. The molecule has 1 saturated heterocycles. The van der Waals surface area contributed by atoms with Crippen molar-refractivity contribution in [1.82, 2.24) is 4.31 Å². The fourth-order valence-electron chi connectivity index (χ4n) is 2.46. The molecule has 0 aliphatic carbocycles. The number of ketones is 1. The van der Waals surface area contributed by atoms with Gasteiger partial charge in [-0.2, -0.15) is 4.31 Å². The van der Waals surface area contributed by atoms with Gasteiger partial charge in [-0.05, 0) is 53.9 Å². The Labute approximate surface area is 135 Å². The van der Waals surface area contributed by atoms with Gasteiger partial charge in [-0.3, -0.25) is 4.79 Å². The average Bonchev–Trinajstić information content (AvgIpc) is 2.80. The fourth-order valence-corrected chi connectivity index (χ4v) is 5.62. The second-order valence-electron chi connectivity index (χ2n) is 4.89. The lowest BCUT2D eigenvalue weighted by Crippen LogP contribution is -2.36. The summed E-state index contributed by atoms with van der Waals surface area (Å²) in [6, 6.07) is 4.85. The lowest BCUT2D eigenvalue weighted by atomic mass is 10.1. The predicted molar refractivity (Wildman–Crippen MR) is 84.1 cm³/mol. The van der Waals surface area contributed by atoms with E-state index in [0.717, 1.165) is 12.8 Å². The molecule has 0 N–H and O–H groups in total. The average molecular weight is 425 g/mol. The third-order valence-electron chi connectivity index (χ3n) is 3.33. The molecule has 4 nitrogen and oxygen atoms in total. The molecule has 0 saturated carbocycles. The molecule has 110 valence electrons. The van der Waals surface area contributed by atoms with E-state index in [-0.39, 0.29) is 23.1 Å². The van der Waals surface area contributed by atoms with Crippen molar-refractivity contribution in [1.29, 1.82) is 0 Å². The molecule has 1 atom stereocenters. The molecular weight excluding hydrogens is 410 g/mol. The van der Waals surface area contributed by atoms with Crippen LogP contribution in [0, 0.1) is 0 Å². The first-order valence-electron chi connectivity index (χ1n) is 6.28. The van der Waals surface area contributed by atoms with E-state index >= 15 is 0 Å². The van der Waals surface area contributed by atoms with Gasteiger partial charge in [-0.25, -0.2) is 8.42 Å². The molecule has 0 aromatic heterocycles. The van der Waals surface area contributed by atoms with Gasteiger partial charge in [-0.15, -0.1) is 0 Å². The van der Waals surface area contributed by atoms with Gasteiger partial charge in [0.25, 0.3) is 0 Å². The maximum atomic E-state index is 12.8. The minimum Gasteiger partial charge on any atom is -0.300 e. The van der Waals surface area contributed by atoms with Crippen molar-refractivity contribution in [2.45, 2.75) is 37.1 Å². The van der Waals surface area contributed by atoms with Crippen LogP contribution in [0.1, 0.15) is 26.2 Å². The highest BCUT2D eigenvalue weighted by Gasteiger charge is 2.36. The van der Waals surface area contributed by atoms with Crippen molar-refractivity contribution in [3.63, 3.8) is 0 Å². The number of Topliss-reactive ketones (excluding diaryl/α,β-unsaturated/α-hetero) is 1. The highest BCUT2D eigenvalue weighted by atomic mass is 79.9. The molecule has 1 aromatic rings. The number of hydrogen-bond acceptors (Lipinski definition) is 3. The van der Waals surface area contributed by atoms with E-state index in [1.807, 2.05) is 0 Å². The smallest absolute Gasteiger partial charge is 0.244 e. The molecule has 0 bridgehead atoms. The van der Waals surface area contributed by atoms with Crippen molar-refractivity contribution in [3.05, 3.63) is 27.1 Å². The van der Waals surface area contributed by atoms with Gasteiger partial charge in [0.2, 0.25) is 10.0 Å². The van der Waals surface area contributed by atoms with E-state index in [9.17, 15) is 13.2 Å². The summed E-state index contributed by atoms with van der Waals surface area (Å²) in [7, 11) is -3.58. The summed E-state index contributed by atoms with van der Waals surface area (Å²) in [5.74, 6) is 0.0189. The Morgan fingerprint density at radius 3 is 2.75 bits per heavy atom. The fraction of sp³-hybridized carbons (Fsp3) is 0.462. The van der Waals surface area contributed by atoms with Crippen LogP contribution in [0.3, 0.4) is 0 Å². The normalized spacial score (nSPS) is 20.2. The van der Waals surface area contributed by atoms with E-state index in [0.29, 0.717) is 15.5 Å². The van der Waals surface area contributed by atoms with Crippen LogP contribution in [-0.4, -0.2) is 31.1 Å². The molecule has 1 aliphatic heterocycles. The van der Waals surface area contributed by atoms with Gasteiger partial charge in [0.15, 0.2) is 0 Å². The zero-order chi connectivity index (χ0) is 14.9. The second-order valence-corrected chi connectivity index (χ2v) is 8.52. The summed E-state index contributed by atoms with van der Waals surface area (Å²) >= 11 is 6.59. The summed E-state index contributed by atoms with van der Waals surface area (Å²) in [5, 5.41) is 0. The third-order valence-corrected chi connectivity index (χ3v) is 6.77. The number of carbonyl (C=O) groups excluding carboxylic acids is 1. The molecule has 0 radical (unpaired) electrons. The Bertz CT molecular complexity index is 631. The summed E-state index contributed by atoms with van der Waals surface area (Å²) < 4.78 is 28.2. The van der Waals surface area contributed by atoms with Crippen LogP contribution in [0.15, 0.2) is 32.0 Å². The molecule has 7 heteroatoms. The largest absolute Gasteiger partial charge is 0.300 e. The Balaban J connectivity index is 2.39. The quantitative estimate of drug-likeness (QED) is 0.744. The van der Waals surface area contributed by atoms with Crippen LogP contribution in [0.2, 0.25) is 0 Å². The zero-order valence-electron chi connectivity index (χ0n) is 11.0. The monoisotopic (exact) mass is 423 g/mol. The lowest BCUT2D eigenvalue weighted by Gasteiger charge is -2.24. The van der Waals surface area contributed by atoms with Gasteiger partial charge in [0, 0.05) is 28.0 Å². The number of hydrogen-bond donors (Lipinski definition) is 0. The lowest BCUT2D eigenvalue weighted by molar-refractivity contribution is -0.117. The molecule has 1 aromatic carbocycles. The summed E-state index contributed by atoms with van der Waals surface area (Å²) in [5.41, 5.74) is 0. The first kappa shape index (κ1) is 16.1. The molecule has 1 unspecified atom stereocenters. The predicted octanol–water partition coefficient (Wildman–Crippen LogP) is 3.34. The molecule has 1 fully saturated rings. The van der Waals surface area contributed by atoms with Gasteiger partial charge >= 0.3 is 0 Å². The molecule has 1 aliphatic rings. The minimum atomic E-state index is -3.58. The van der Waals surface area contributed by atoms with E-state index in [1.165, 1.54) is 11.2 Å². The molecule has 2 rings (SSSR count). The Kier molecular flexibility index (Phi) is 5.05. The van der Waals surface area contributed by atoms with Crippen molar-refractivity contribution in [3.8, 4) is 0 Å². The molecule has 1 heterocycles. The van der Waals surface area contributed by atoms with Crippen molar-refractivity contribution in [2.24, 2.45) is 0 Å². The molecule has 0 amide bonds. The number of nitrogens with zero attached hydrogens (tertiary/aromatic N) is 1. The summed E-state index contributed by atoms with van der Waals surface area (Å²) in [4.78, 5) is 11.5. The van der Waals surface area contributed by atoms with Gasteiger partial charge in [-0.1, -0.05) is 15.9 Å². The van der Waals surface area contributed by atoms with Gasteiger partial charge in [0.05, 0.1) is 4.90 Å². The van der Waals surface area contributed by atoms with Crippen molar-refractivity contribution < 1.29 is 13.2 Å². The maximum absolute atomic E-state index is 12.8. The van der Waals surface area contributed by atoms with E-state index in [2.05, 4.69) is 31.9 Å². The zero-order valence-corrected chi connectivity index (χ0v) is 15.0. The van der Waals surface area contributed by atoms with Crippen LogP contribution >= 0.6 is 31.9 Å². The van der Waals surface area contributed by atoms with Gasteiger partial charge < -0.3 is 0 Å². The van der Waals surface area contributed by atoms with Crippen molar-refractivity contribution >= 4 is 47.7 Å². The van der Waals surface area contributed by atoms with E-state index in [4.69, 9.17) is 0 Å². The van der Waals surface area contributed by atoms with Crippen LogP contribution < -0.4 is 0 Å². The Morgan fingerprint density at radius 1 is 1.40 bits per heavy atom. The van der Waals surface area contributed by atoms with Crippen LogP contribution in [0.25, 0.3) is 0 Å². The first-order chi connectivity index (χ1) is 9.32.